The van der Waals surface area contributed by atoms with E-state index in [4.69, 9.17) is 5.11 Å². The van der Waals surface area contributed by atoms with Gasteiger partial charge in [0.05, 0.1) is 6.61 Å². The Labute approximate surface area is 124 Å². The average molecular weight is 319 g/mol. The van der Waals surface area contributed by atoms with Gasteiger partial charge in [0.15, 0.2) is 0 Å². The lowest BCUT2D eigenvalue weighted by molar-refractivity contribution is 0.117. The molecule has 1 atom stereocenters. The number of sulfonamides is 1. The molecular weight excluding hydrogens is 298 g/mol. The molecule has 1 unspecified atom stereocenters. The average Bonchev–Trinajstić information content (AvgIpc) is 2.89. The summed E-state index contributed by atoms with van der Waals surface area (Å²) in [6.07, 6.45) is 0. The van der Waals surface area contributed by atoms with Crippen molar-refractivity contribution in [3.8, 4) is 0 Å². The molecule has 1 aromatic heterocycles. The SMILES string of the molecule is CN1CCN(C)C(CNS(=O)(=O)c2ccc(CO)s2)C1. The van der Waals surface area contributed by atoms with Crippen molar-refractivity contribution in [2.45, 2.75) is 16.9 Å². The van der Waals surface area contributed by atoms with Gasteiger partial charge in [-0.3, -0.25) is 4.90 Å². The summed E-state index contributed by atoms with van der Waals surface area (Å²) in [5.74, 6) is 0. The summed E-state index contributed by atoms with van der Waals surface area (Å²) in [6.45, 7) is 3.07. The molecule has 0 aliphatic carbocycles. The van der Waals surface area contributed by atoms with Crippen LogP contribution in [-0.4, -0.2) is 69.6 Å². The van der Waals surface area contributed by atoms with Gasteiger partial charge in [0.2, 0.25) is 10.0 Å². The monoisotopic (exact) mass is 319 g/mol. The predicted octanol–water partition coefficient (Wildman–Crippen LogP) is -0.235. The minimum absolute atomic E-state index is 0.129. The molecule has 1 aromatic rings. The van der Waals surface area contributed by atoms with Crippen molar-refractivity contribution in [1.82, 2.24) is 14.5 Å². The fourth-order valence-electron chi connectivity index (χ4n) is 2.19. The molecule has 20 heavy (non-hydrogen) atoms. The van der Waals surface area contributed by atoms with E-state index < -0.39 is 10.0 Å². The van der Waals surface area contributed by atoms with Gasteiger partial charge in [-0.1, -0.05) is 0 Å². The van der Waals surface area contributed by atoms with Gasteiger partial charge in [0.1, 0.15) is 4.21 Å². The van der Waals surface area contributed by atoms with E-state index in [2.05, 4.69) is 14.5 Å². The fourth-order valence-corrected chi connectivity index (χ4v) is 4.52. The molecular formula is C12H21N3O3S2. The van der Waals surface area contributed by atoms with Crippen molar-refractivity contribution in [1.29, 1.82) is 0 Å². The van der Waals surface area contributed by atoms with Crippen LogP contribution < -0.4 is 4.72 Å². The van der Waals surface area contributed by atoms with Crippen molar-refractivity contribution in [2.24, 2.45) is 0 Å². The molecule has 6 nitrogen and oxygen atoms in total. The topological polar surface area (TPSA) is 72.9 Å². The normalized spacial score (nSPS) is 22.2. The molecule has 1 fully saturated rings. The summed E-state index contributed by atoms with van der Waals surface area (Å²) in [7, 11) is 0.580. The van der Waals surface area contributed by atoms with E-state index in [9.17, 15) is 8.42 Å². The molecule has 0 amide bonds. The largest absolute Gasteiger partial charge is 0.391 e. The Morgan fingerprint density at radius 1 is 1.40 bits per heavy atom. The molecule has 1 saturated heterocycles. The van der Waals surface area contributed by atoms with Crippen LogP contribution in [0.15, 0.2) is 16.3 Å². The molecule has 2 N–H and O–H groups in total. The lowest BCUT2D eigenvalue weighted by atomic mass is 10.2. The third-order valence-corrected chi connectivity index (χ3v) is 6.53. The molecule has 2 rings (SSSR count). The first kappa shape index (κ1) is 15.9. The number of likely N-dealkylation sites (N-methyl/N-ethyl adjacent to an activating group) is 2. The highest BCUT2D eigenvalue weighted by Crippen LogP contribution is 2.21. The zero-order valence-corrected chi connectivity index (χ0v) is 13.4. The highest BCUT2D eigenvalue weighted by atomic mass is 32.2. The molecule has 8 heteroatoms. The van der Waals surface area contributed by atoms with E-state index >= 15 is 0 Å². The minimum Gasteiger partial charge on any atom is -0.391 e. The van der Waals surface area contributed by atoms with Crippen LogP contribution in [0.5, 0.6) is 0 Å². The summed E-state index contributed by atoms with van der Waals surface area (Å²) in [6, 6.07) is 3.36. The van der Waals surface area contributed by atoms with Gasteiger partial charge >= 0.3 is 0 Å². The second kappa shape index (κ2) is 6.50. The smallest absolute Gasteiger partial charge is 0.250 e. The Bertz CT molecular complexity index is 544. The van der Waals surface area contributed by atoms with Crippen LogP contribution in [0.2, 0.25) is 0 Å². The third kappa shape index (κ3) is 3.78. The standard InChI is InChI=1S/C12H21N3O3S2/c1-14-5-6-15(2)10(8-14)7-13-20(17,18)12-4-3-11(9-16)19-12/h3-4,10,13,16H,5-9H2,1-2H3. The quantitative estimate of drug-likeness (QED) is 0.784. The maximum absolute atomic E-state index is 12.2. The Balaban J connectivity index is 1.98. The molecule has 114 valence electrons. The van der Waals surface area contributed by atoms with Crippen LogP contribution in [0.1, 0.15) is 4.88 Å². The molecule has 0 aromatic carbocycles. The Kier molecular flexibility index (Phi) is 5.16. The van der Waals surface area contributed by atoms with Crippen molar-refractivity contribution in [3.63, 3.8) is 0 Å². The number of piperazine rings is 1. The molecule has 1 aliphatic heterocycles. The van der Waals surface area contributed by atoms with Gasteiger partial charge in [0.25, 0.3) is 0 Å². The van der Waals surface area contributed by atoms with Crippen molar-refractivity contribution < 1.29 is 13.5 Å². The van der Waals surface area contributed by atoms with Crippen molar-refractivity contribution in [3.05, 3.63) is 17.0 Å². The molecule has 0 spiro atoms. The number of aliphatic hydroxyl groups is 1. The Morgan fingerprint density at radius 2 is 2.15 bits per heavy atom. The number of rotatable bonds is 5. The summed E-state index contributed by atoms with van der Waals surface area (Å²) in [5.41, 5.74) is 0. The van der Waals surface area contributed by atoms with Gasteiger partial charge in [0, 0.05) is 37.1 Å². The summed E-state index contributed by atoms with van der Waals surface area (Å²) in [5, 5.41) is 9.00. The minimum atomic E-state index is -3.48. The molecule has 1 aliphatic rings. The second-order valence-corrected chi connectivity index (χ2v) is 8.29. The van der Waals surface area contributed by atoms with E-state index in [1.165, 1.54) is 6.07 Å². The van der Waals surface area contributed by atoms with Crippen LogP contribution in [0.3, 0.4) is 0 Å². The highest BCUT2D eigenvalue weighted by molar-refractivity contribution is 7.91. The zero-order valence-electron chi connectivity index (χ0n) is 11.7. The maximum atomic E-state index is 12.2. The maximum Gasteiger partial charge on any atom is 0.250 e. The fraction of sp³-hybridized carbons (Fsp3) is 0.667. The van der Waals surface area contributed by atoms with Crippen LogP contribution in [0.25, 0.3) is 0 Å². The van der Waals surface area contributed by atoms with E-state index in [1.54, 1.807) is 6.07 Å². The number of nitrogens with one attached hydrogen (secondary N) is 1. The molecule has 2 heterocycles. The third-order valence-electron chi connectivity index (χ3n) is 3.55. The lowest BCUT2D eigenvalue weighted by Crippen LogP contribution is -2.54. The van der Waals surface area contributed by atoms with Gasteiger partial charge in [-0.25, -0.2) is 13.1 Å². The number of hydrogen-bond donors (Lipinski definition) is 2. The van der Waals surface area contributed by atoms with E-state index in [0.717, 1.165) is 31.0 Å². The van der Waals surface area contributed by atoms with Crippen LogP contribution in [0, 0.1) is 0 Å². The number of aliphatic hydroxyl groups excluding tert-OH is 1. The van der Waals surface area contributed by atoms with Crippen molar-refractivity contribution in [2.75, 3.05) is 40.3 Å². The molecule has 0 bridgehead atoms. The van der Waals surface area contributed by atoms with Gasteiger partial charge < -0.3 is 10.0 Å². The second-order valence-electron chi connectivity index (χ2n) is 5.13. The van der Waals surface area contributed by atoms with Crippen LogP contribution >= 0.6 is 11.3 Å². The molecule has 0 saturated carbocycles. The number of thiophene rings is 1. The zero-order chi connectivity index (χ0) is 14.8. The summed E-state index contributed by atoms with van der Waals surface area (Å²) >= 11 is 1.10. The number of hydrogen-bond acceptors (Lipinski definition) is 6. The summed E-state index contributed by atoms with van der Waals surface area (Å²) < 4.78 is 27.3. The summed E-state index contributed by atoms with van der Waals surface area (Å²) in [4.78, 5) is 5.03. The first-order valence-electron chi connectivity index (χ1n) is 6.50. The van der Waals surface area contributed by atoms with E-state index in [-0.39, 0.29) is 16.9 Å². The van der Waals surface area contributed by atoms with E-state index in [1.807, 2.05) is 14.1 Å². The molecule has 0 radical (unpaired) electrons. The van der Waals surface area contributed by atoms with Gasteiger partial charge in [-0.05, 0) is 26.2 Å². The van der Waals surface area contributed by atoms with Gasteiger partial charge in [-0.2, -0.15) is 0 Å². The van der Waals surface area contributed by atoms with Gasteiger partial charge in [-0.15, -0.1) is 11.3 Å². The lowest BCUT2D eigenvalue weighted by Gasteiger charge is -2.37. The Hall–Kier alpha value is -0.510. The number of nitrogens with zero attached hydrogens (tertiary/aromatic N) is 2. The highest BCUT2D eigenvalue weighted by Gasteiger charge is 2.25. The first-order chi connectivity index (χ1) is 9.42. The van der Waals surface area contributed by atoms with E-state index in [0.29, 0.717) is 11.4 Å². The van der Waals surface area contributed by atoms with Crippen LogP contribution in [-0.2, 0) is 16.6 Å². The first-order valence-corrected chi connectivity index (χ1v) is 8.80. The predicted molar refractivity (Wildman–Crippen MR) is 79.3 cm³/mol. The Morgan fingerprint density at radius 3 is 2.80 bits per heavy atom. The van der Waals surface area contributed by atoms with Crippen molar-refractivity contribution >= 4 is 21.4 Å². The van der Waals surface area contributed by atoms with Crippen LogP contribution in [0.4, 0.5) is 0 Å².